The van der Waals surface area contributed by atoms with Crippen LogP contribution in [0.3, 0.4) is 0 Å². The van der Waals surface area contributed by atoms with E-state index in [-0.39, 0.29) is 35.1 Å². The number of fused-ring (bicyclic) bond motifs is 4. The summed E-state index contributed by atoms with van der Waals surface area (Å²) in [6.45, 7) is 5.53. The van der Waals surface area contributed by atoms with Crippen LogP contribution in [0.2, 0.25) is 0 Å². The molecule has 0 bridgehead atoms. The Labute approximate surface area is 111 Å². The van der Waals surface area contributed by atoms with Gasteiger partial charge in [-0.3, -0.25) is 4.79 Å². The first-order chi connectivity index (χ1) is 8.78. The average molecular weight is 262 g/mol. The second-order valence-corrected chi connectivity index (χ2v) is 7.11. The Hall–Kier alpha value is -1.16. The van der Waals surface area contributed by atoms with Gasteiger partial charge in [-0.2, -0.15) is 0 Å². The Bertz CT molecular complexity index is 558. The number of ketones is 1. The van der Waals surface area contributed by atoms with Gasteiger partial charge in [0.15, 0.2) is 5.78 Å². The van der Waals surface area contributed by atoms with Crippen LogP contribution in [0.15, 0.2) is 11.1 Å². The van der Waals surface area contributed by atoms with Crippen molar-refractivity contribution in [1.29, 1.82) is 0 Å². The Morgan fingerprint density at radius 3 is 2.63 bits per heavy atom. The Morgan fingerprint density at radius 1 is 1.26 bits per heavy atom. The van der Waals surface area contributed by atoms with Crippen LogP contribution in [0.4, 0.5) is 0 Å². The van der Waals surface area contributed by atoms with Crippen LogP contribution >= 0.6 is 0 Å². The molecule has 0 radical (unpaired) electrons. The van der Waals surface area contributed by atoms with Gasteiger partial charge in [-0.05, 0) is 43.9 Å². The highest BCUT2D eigenvalue weighted by atomic mass is 16.5. The number of esters is 1. The zero-order valence-corrected chi connectivity index (χ0v) is 11.4. The maximum atomic E-state index is 12.8. The Balaban J connectivity index is 1.86. The lowest BCUT2D eigenvalue weighted by Crippen LogP contribution is -2.52. The van der Waals surface area contributed by atoms with Crippen molar-refractivity contribution in [2.24, 2.45) is 23.2 Å². The highest BCUT2D eigenvalue weighted by Crippen LogP contribution is 2.72. The van der Waals surface area contributed by atoms with E-state index in [2.05, 4.69) is 6.92 Å². The van der Waals surface area contributed by atoms with Crippen LogP contribution in [-0.4, -0.2) is 28.6 Å². The van der Waals surface area contributed by atoms with E-state index in [1.54, 1.807) is 13.8 Å². The zero-order valence-electron chi connectivity index (χ0n) is 11.4. The molecule has 0 aromatic heterocycles. The summed E-state index contributed by atoms with van der Waals surface area (Å²) < 4.78 is 5.34. The number of rotatable bonds is 0. The number of carbonyl (C=O) groups is 2. The lowest BCUT2D eigenvalue weighted by molar-refractivity contribution is -0.147. The summed E-state index contributed by atoms with van der Waals surface area (Å²) in [5.41, 5.74) is -0.187. The predicted molar refractivity (Wildman–Crippen MR) is 66.0 cm³/mol. The summed E-state index contributed by atoms with van der Waals surface area (Å²) in [5.74, 6) is -0.165. The highest BCUT2D eigenvalue weighted by molar-refractivity contribution is 6.09. The van der Waals surface area contributed by atoms with E-state index in [1.807, 2.05) is 0 Å². The molecule has 4 aliphatic rings. The lowest BCUT2D eigenvalue weighted by atomic mass is 9.60. The molecule has 3 aliphatic carbocycles. The van der Waals surface area contributed by atoms with Gasteiger partial charge in [0, 0.05) is 11.1 Å². The monoisotopic (exact) mass is 262 g/mol. The second kappa shape index (κ2) is 2.95. The minimum atomic E-state index is -0.930. The molecule has 1 aliphatic heterocycles. The Kier molecular flexibility index (Phi) is 1.81. The van der Waals surface area contributed by atoms with E-state index < -0.39 is 5.60 Å². The van der Waals surface area contributed by atoms with Gasteiger partial charge in [0.2, 0.25) is 0 Å². The molecule has 0 unspecified atom stereocenters. The summed E-state index contributed by atoms with van der Waals surface area (Å²) in [5, 5.41) is 10.7. The highest BCUT2D eigenvalue weighted by Gasteiger charge is 2.75. The molecule has 1 heterocycles. The molecule has 19 heavy (non-hydrogen) atoms. The summed E-state index contributed by atoms with van der Waals surface area (Å²) in [7, 11) is 0. The number of aliphatic hydroxyl groups is 1. The van der Waals surface area contributed by atoms with Crippen LogP contribution in [0, 0.1) is 23.2 Å². The van der Waals surface area contributed by atoms with E-state index in [0.29, 0.717) is 23.5 Å². The van der Waals surface area contributed by atoms with Crippen molar-refractivity contribution >= 4 is 11.8 Å². The molecule has 0 aromatic carbocycles. The quantitative estimate of drug-likeness (QED) is 0.667. The third-order valence-electron chi connectivity index (χ3n) is 6.07. The number of Topliss-reactive ketones (excluding diaryl/α,β-unsaturated/α-hetero) is 1. The van der Waals surface area contributed by atoms with Gasteiger partial charge in [0.05, 0.1) is 11.5 Å². The molecule has 4 nitrogen and oxygen atoms in total. The third-order valence-corrected chi connectivity index (χ3v) is 6.07. The van der Waals surface area contributed by atoms with Crippen LogP contribution in [0.25, 0.3) is 0 Å². The SMILES string of the molecule is CC1=C2C(=O)[C@@H]3[C@](C)(O)[C@H]4C[C@H]4[C@@]3(C)C[C@H]2OC1=O. The van der Waals surface area contributed by atoms with Crippen molar-refractivity contribution in [2.45, 2.75) is 45.3 Å². The molecule has 102 valence electrons. The fourth-order valence-electron chi connectivity index (χ4n) is 5.17. The molecule has 1 N–H and O–H groups in total. The molecular weight excluding hydrogens is 244 g/mol. The molecule has 0 amide bonds. The maximum absolute atomic E-state index is 12.8. The van der Waals surface area contributed by atoms with E-state index in [1.165, 1.54) is 0 Å². The second-order valence-electron chi connectivity index (χ2n) is 7.11. The standard InChI is InChI=1S/C15H18O4/c1-6-10-9(19-13(6)17)5-14(2)7-4-8(7)15(3,18)12(14)11(10)16/h7-9,12,18H,4-5H2,1-3H3/t7-,8+,9-,12+,14-,15-/m1/s1. The van der Waals surface area contributed by atoms with Crippen LogP contribution in [-0.2, 0) is 14.3 Å². The first-order valence-electron chi connectivity index (χ1n) is 6.97. The number of hydrogen-bond donors (Lipinski definition) is 1. The number of ether oxygens (including phenoxy) is 1. The van der Waals surface area contributed by atoms with Crippen molar-refractivity contribution in [3.63, 3.8) is 0 Å². The van der Waals surface area contributed by atoms with E-state index in [0.717, 1.165) is 6.42 Å². The molecule has 3 fully saturated rings. The van der Waals surface area contributed by atoms with E-state index >= 15 is 0 Å². The fourth-order valence-corrected chi connectivity index (χ4v) is 5.17. The first-order valence-corrected chi connectivity index (χ1v) is 6.97. The van der Waals surface area contributed by atoms with Crippen molar-refractivity contribution in [3.8, 4) is 0 Å². The molecule has 4 heteroatoms. The largest absolute Gasteiger partial charge is 0.454 e. The van der Waals surface area contributed by atoms with E-state index in [9.17, 15) is 14.7 Å². The summed E-state index contributed by atoms with van der Waals surface area (Å²) in [4.78, 5) is 24.4. The summed E-state index contributed by atoms with van der Waals surface area (Å²) >= 11 is 0. The van der Waals surface area contributed by atoms with Crippen LogP contribution in [0.5, 0.6) is 0 Å². The molecule has 6 atom stereocenters. The smallest absolute Gasteiger partial charge is 0.334 e. The van der Waals surface area contributed by atoms with Crippen molar-refractivity contribution in [3.05, 3.63) is 11.1 Å². The first kappa shape index (κ1) is 11.6. The van der Waals surface area contributed by atoms with Crippen LogP contribution in [0.1, 0.15) is 33.6 Å². The Morgan fingerprint density at radius 2 is 1.95 bits per heavy atom. The molecule has 0 saturated heterocycles. The van der Waals surface area contributed by atoms with Gasteiger partial charge in [-0.25, -0.2) is 4.79 Å². The van der Waals surface area contributed by atoms with Gasteiger partial charge in [-0.1, -0.05) is 6.92 Å². The van der Waals surface area contributed by atoms with E-state index in [4.69, 9.17) is 4.74 Å². The van der Waals surface area contributed by atoms with Gasteiger partial charge in [0.1, 0.15) is 6.10 Å². The average Bonchev–Trinajstić information content (AvgIpc) is 3.00. The minimum Gasteiger partial charge on any atom is -0.454 e. The van der Waals surface area contributed by atoms with Gasteiger partial charge < -0.3 is 9.84 Å². The zero-order chi connectivity index (χ0) is 13.7. The maximum Gasteiger partial charge on any atom is 0.334 e. The molecule has 3 saturated carbocycles. The van der Waals surface area contributed by atoms with Crippen LogP contribution < -0.4 is 0 Å². The molecule has 0 aromatic rings. The lowest BCUT2D eigenvalue weighted by Gasteiger charge is -2.44. The molecule has 4 rings (SSSR count). The van der Waals surface area contributed by atoms with Crippen molar-refractivity contribution < 1.29 is 19.4 Å². The van der Waals surface area contributed by atoms with Gasteiger partial charge >= 0.3 is 5.97 Å². The minimum absolute atomic E-state index is 0.0562. The van der Waals surface area contributed by atoms with Crippen molar-refractivity contribution in [2.75, 3.05) is 0 Å². The van der Waals surface area contributed by atoms with Gasteiger partial charge in [0.25, 0.3) is 0 Å². The molecule has 0 spiro atoms. The fraction of sp³-hybridized carbons (Fsp3) is 0.733. The number of hydrogen-bond acceptors (Lipinski definition) is 4. The third kappa shape index (κ3) is 1.11. The van der Waals surface area contributed by atoms with Crippen molar-refractivity contribution in [1.82, 2.24) is 0 Å². The normalized spacial score (nSPS) is 54.7. The summed E-state index contributed by atoms with van der Waals surface area (Å²) in [6, 6.07) is 0. The topological polar surface area (TPSA) is 63.6 Å². The number of carbonyl (C=O) groups excluding carboxylic acids is 2. The van der Waals surface area contributed by atoms with Gasteiger partial charge in [-0.15, -0.1) is 0 Å². The molecular formula is C15H18O4. The predicted octanol–water partition coefficient (Wildman–Crippen LogP) is 1.22. The summed E-state index contributed by atoms with van der Waals surface area (Å²) in [6.07, 6.45) is 1.29.